The van der Waals surface area contributed by atoms with Crippen molar-refractivity contribution in [2.75, 3.05) is 5.75 Å². The summed E-state index contributed by atoms with van der Waals surface area (Å²) in [6.07, 6.45) is 3.30. The fourth-order valence-corrected chi connectivity index (χ4v) is 3.97. The molecule has 0 unspecified atom stereocenters. The largest absolute Gasteiger partial charge is 0.324 e. The molecule has 4 aromatic rings. The quantitative estimate of drug-likeness (QED) is 0.428. The lowest BCUT2D eigenvalue weighted by atomic mass is 10.2. The zero-order valence-electron chi connectivity index (χ0n) is 14.9. The molecule has 5 heteroatoms. The summed E-state index contributed by atoms with van der Waals surface area (Å²) < 4.78 is 2.30. The van der Waals surface area contributed by atoms with E-state index in [2.05, 4.69) is 70.2 Å². The van der Waals surface area contributed by atoms with Crippen molar-refractivity contribution in [3.63, 3.8) is 0 Å². The Labute approximate surface area is 157 Å². The molecule has 0 aliphatic rings. The molecule has 4 nitrogen and oxygen atoms in total. The minimum Gasteiger partial charge on any atom is -0.324 e. The first kappa shape index (κ1) is 17.0. The van der Waals surface area contributed by atoms with Crippen molar-refractivity contribution in [2.24, 2.45) is 0 Å². The Balaban J connectivity index is 1.62. The maximum Gasteiger partial charge on any atom is 0.211 e. The molecule has 0 aliphatic heterocycles. The van der Waals surface area contributed by atoms with E-state index in [1.807, 2.05) is 6.07 Å². The number of benzene rings is 2. The van der Waals surface area contributed by atoms with E-state index in [9.17, 15) is 0 Å². The number of aryl methyl sites for hydroxylation is 2. The van der Waals surface area contributed by atoms with Gasteiger partial charge in [0.1, 0.15) is 5.52 Å². The molecule has 0 fully saturated rings. The van der Waals surface area contributed by atoms with Gasteiger partial charge in [0.15, 0.2) is 5.65 Å². The van der Waals surface area contributed by atoms with Crippen molar-refractivity contribution >= 4 is 33.8 Å². The minimum absolute atomic E-state index is 0.758. The monoisotopic (exact) mass is 362 g/mol. The molecule has 2 aromatic carbocycles. The summed E-state index contributed by atoms with van der Waals surface area (Å²) in [7, 11) is 0. The molecule has 4 rings (SSSR count). The van der Waals surface area contributed by atoms with Gasteiger partial charge in [0.2, 0.25) is 5.16 Å². The first-order valence-electron chi connectivity index (χ1n) is 9.15. The SMILES string of the molecule is CCCCn1c2ccccc2c2nnc(SCCc3ccccc3)nc21. The average Bonchev–Trinajstić information content (AvgIpc) is 3.00. The molecule has 0 saturated heterocycles. The van der Waals surface area contributed by atoms with Crippen LogP contribution in [0.3, 0.4) is 0 Å². The van der Waals surface area contributed by atoms with E-state index in [4.69, 9.17) is 4.98 Å². The fourth-order valence-electron chi connectivity index (χ4n) is 3.20. The van der Waals surface area contributed by atoms with E-state index >= 15 is 0 Å². The Bertz CT molecular complexity index is 1010. The van der Waals surface area contributed by atoms with Crippen molar-refractivity contribution in [2.45, 2.75) is 37.9 Å². The van der Waals surface area contributed by atoms with Crippen molar-refractivity contribution in [3.05, 3.63) is 60.2 Å². The molecule has 0 aliphatic carbocycles. The highest BCUT2D eigenvalue weighted by Crippen LogP contribution is 2.27. The molecule has 132 valence electrons. The molecule has 0 spiro atoms. The Hall–Kier alpha value is -2.40. The lowest BCUT2D eigenvalue weighted by molar-refractivity contribution is 0.656. The summed E-state index contributed by atoms with van der Waals surface area (Å²) in [4.78, 5) is 4.85. The third-order valence-corrected chi connectivity index (χ3v) is 5.39. The normalized spacial score (nSPS) is 11.4. The van der Waals surface area contributed by atoms with Gasteiger partial charge in [-0.1, -0.05) is 73.6 Å². The smallest absolute Gasteiger partial charge is 0.211 e. The highest BCUT2D eigenvalue weighted by molar-refractivity contribution is 7.99. The average molecular weight is 363 g/mol. The second-order valence-corrected chi connectivity index (χ2v) is 7.44. The Kier molecular flexibility index (Phi) is 5.16. The zero-order valence-corrected chi connectivity index (χ0v) is 15.7. The third-order valence-electron chi connectivity index (χ3n) is 4.55. The van der Waals surface area contributed by atoms with Crippen LogP contribution < -0.4 is 0 Å². The first-order valence-corrected chi connectivity index (χ1v) is 10.1. The molecule has 0 N–H and O–H groups in total. The van der Waals surface area contributed by atoms with Crippen LogP contribution in [-0.4, -0.2) is 25.5 Å². The third kappa shape index (κ3) is 3.44. The first-order chi connectivity index (χ1) is 12.9. The summed E-state index contributed by atoms with van der Waals surface area (Å²) in [5.74, 6) is 0.951. The standard InChI is InChI=1S/C21H22N4S/c1-2-3-14-25-18-12-8-7-11-17(18)19-20(25)22-21(24-23-19)26-15-13-16-9-5-4-6-10-16/h4-12H,2-3,13-15H2,1H3. The van der Waals surface area contributed by atoms with E-state index in [0.29, 0.717) is 0 Å². The molecule has 0 bridgehead atoms. The lowest BCUT2D eigenvalue weighted by Crippen LogP contribution is -2.01. The van der Waals surface area contributed by atoms with E-state index in [1.165, 1.54) is 11.1 Å². The summed E-state index contributed by atoms with van der Waals surface area (Å²) in [5.41, 5.74) is 4.40. The van der Waals surface area contributed by atoms with Gasteiger partial charge in [-0.25, -0.2) is 4.98 Å². The van der Waals surface area contributed by atoms with Crippen LogP contribution in [0.15, 0.2) is 59.8 Å². The van der Waals surface area contributed by atoms with Gasteiger partial charge in [-0.05, 0) is 24.5 Å². The summed E-state index contributed by atoms with van der Waals surface area (Å²) in [6.45, 7) is 3.18. The predicted octanol–water partition coefficient (Wildman–Crippen LogP) is 5.11. The van der Waals surface area contributed by atoms with Gasteiger partial charge in [0.25, 0.3) is 0 Å². The number of unbranched alkanes of at least 4 members (excludes halogenated alkanes) is 1. The van der Waals surface area contributed by atoms with Crippen LogP contribution in [0, 0.1) is 0 Å². The number of fused-ring (bicyclic) bond motifs is 3. The van der Waals surface area contributed by atoms with Gasteiger partial charge in [0, 0.05) is 17.7 Å². The van der Waals surface area contributed by atoms with Gasteiger partial charge in [-0.3, -0.25) is 0 Å². The second kappa shape index (κ2) is 7.87. The minimum atomic E-state index is 0.758. The molecular weight excluding hydrogens is 340 g/mol. The van der Waals surface area contributed by atoms with Crippen molar-refractivity contribution in [3.8, 4) is 0 Å². The van der Waals surface area contributed by atoms with E-state index < -0.39 is 0 Å². The van der Waals surface area contributed by atoms with Crippen LogP contribution >= 0.6 is 11.8 Å². The highest BCUT2D eigenvalue weighted by atomic mass is 32.2. The number of rotatable bonds is 7. The van der Waals surface area contributed by atoms with Gasteiger partial charge >= 0.3 is 0 Å². The van der Waals surface area contributed by atoms with E-state index in [0.717, 1.165) is 53.3 Å². The number of para-hydroxylation sites is 1. The maximum absolute atomic E-state index is 4.85. The topological polar surface area (TPSA) is 43.6 Å². The van der Waals surface area contributed by atoms with E-state index in [-0.39, 0.29) is 0 Å². The van der Waals surface area contributed by atoms with Gasteiger partial charge in [-0.15, -0.1) is 10.2 Å². The zero-order chi connectivity index (χ0) is 17.8. The molecule has 26 heavy (non-hydrogen) atoms. The molecule has 0 saturated carbocycles. The molecule has 0 atom stereocenters. The number of aromatic nitrogens is 4. The molecule has 2 aromatic heterocycles. The molecule has 2 heterocycles. The van der Waals surface area contributed by atoms with Crippen LogP contribution in [-0.2, 0) is 13.0 Å². The number of hydrogen-bond acceptors (Lipinski definition) is 4. The van der Waals surface area contributed by atoms with Crippen molar-refractivity contribution in [1.82, 2.24) is 19.7 Å². The maximum atomic E-state index is 4.85. The van der Waals surface area contributed by atoms with Gasteiger partial charge < -0.3 is 4.57 Å². The van der Waals surface area contributed by atoms with E-state index in [1.54, 1.807) is 11.8 Å². The number of hydrogen-bond donors (Lipinski definition) is 0. The highest BCUT2D eigenvalue weighted by Gasteiger charge is 2.14. The Morgan fingerprint density at radius 3 is 2.62 bits per heavy atom. The lowest BCUT2D eigenvalue weighted by Gasteiger charge is -2.06. The molecular formula is C21H22N4S. The van der Waals surface area contributed by atoms with Crippen molar-refractivity contribution < 1.29 is 0 Å². The second-order valence-electron chi connectivity index (χ2n) is 6.37. The summed E-state index contributed by atoms with van der Waals surface area (Å²) >= 11 is 1.67. The van der Waals surface area contributed by atoms with Crippen LogP contribution in [0.1, 0.15) is 25.3 Å². The van der Waals surface area contributed by atoms with Crippen LogP contribution in [0.4, 0.5) is 0 Å². The summed E-state index contributed by atoms with van der Waals surface area (Å²) in [5, 5.41) is 10.8. The Morgan fingerprint density at radius 1 is 0.962 bits per heavy atom. The predicted molar refractivity (Wildman–Crippen MR) is 109 cm³/mol. The van der Waals surface area contributed by atoms with Gasteiger partial charge in [-0.2, -0.15) is 0 Å². The fraction of sp³-hybridized carbons (Fsp3) is 0.286. The van der Waals surface area contributed by atoms with Crippen LogP contribution in [0.2, 0.25) is 0 Å². The Morgan fingerprint density at radius 2 is 1.77 bits per heavy atom. The molecule has 0 amide bonds. The van der Waals surface area contributed by atoms with Crippen molar-refractivity contribution in [1.29, 1.82) is 0 Å². The number of thioether (sulfide) groups is 1. The van der Waals surface area contributed by atoms with Gasteiger partial charge in [0.05, 0.1) is 5.52 Å². The number of nitrogens with zero attached hydrogens (tertiary/aromatic N) is 4. The summed E-state index contributed by atoms with van der Waals surface area (Å²) in [6, 6.07) is 18.9. The van der Waals surface area contributed by atoms with Crippen LogP contribution in [0.5, 0.6) is 0 Å². The van der Waals surface area contributed by atoms with Crippen LogP contribution in [0.25, 0.3) is 22.1 Å². The molecule has 0 radical (unpaired) electrons.